The van der Waals surface area contributed by atoms with Crippen LogP contribution in [0.5, 0.6) is 5.75 Å². The summed E-state index contributed by atoms with van der Waals surface area (Å²) in [6.45, 7) is 5.80. The van der Waals surface area contributed by atoms with E-state index in [1.807, 2.05) is 39.0 Å². The molecule has 15 heavy (non-hydrogen) atoms. The van der Waals surface area contributed by atoms with Crippen molar-refractivity contribution >= 4 is 6.08 Å². The van der Waals surface area contributed by atoms with E-state index in [-0.39, 0.29) is 11.7 Å². The van der Waals surface area contributed by atoms with E-state index in [1.54, 1.807) is 12.1 Å². The van der Waals surface area contributed by atoms with Gasteiger partial charge in [0.15, 0.2) is 0 Å². The molecule has 0 saturated carbocycles. The van der Waals surface area contributed by atoms with E-state index < -0.39 is 6.10 Å². The molecule has 2 N–H and O–H groups in total. The molecule has 0 aromatic heterocycles. The van der Waals surface area contributed by atoms with Crippen molar-refractivity contribution in [2.75, 3.05) is 0 Å². The molecular weight excluding hydrogens is 188 g/mol. The summed E-state index contributed by atoms with van der Waals surface area (Å²) in [6.07, 6.45) is 1.37. The number of hydrogen-bond acceptors (Lipinski definition) is 2. The second-order valence-electron chi connectivity index (χ2n) is 4.14. The predicted octanol–water partition coefficient (Wildman–Crippen LogP) is 2.81. The van der Waals surface area contributed by atoms with Gasteiger partial charge in [-0.3, -0.25) is 0 Å². The van der Waals surface area contributed by atoms with Crippen molar-refractivity contribution in [3.63, 3.8) is 0 Å². The van der Waals surface area contributed by atoms with E-state index in [9.17, 15) is 10.2 Å². The van der Waals surface area contributed by atoms with Crippen LogP contribution >= 0.6 is 0 Å². The van der Waals surface area contributed by atoms with Crippen molar-refractivity contribution in [3.05, 3.63) is 35.4 Å². The maximum Gasteiger partial charge on any atom is 0.122 e. The molecule has 1 aromatic rings. The Hall–Kier alpha value is -1.28. The maximum absolute atomic E-state index is 9.80. The van der Waals surface area contributed by atoms with Crippen LogP contribution in [0.3, 0.4) is 0 Å². The van der Waals surface area contributed by atoms with Gasteiger partial charge in [0.2, 0.25) is 0 Å². The van der Waals surface area contributed by atoms with Crippen LogP contribution < -0.4 is 0 Å². The van der Waals surface area contributed by atoms with Crippen LogP contribution in [0, 0.1) is 5.92 Å². The molecule has 0 heterocycles. The first-order chi connectivity index (χ1) is 7.02. The number of phenolic OH excluding ortho intramolecular Hbond substituents is 1. The number of phenols is 1. The Bertz CT molecular complexity index is 353. The average molecular weight is 206 g/mol. The van der Waals surface area contributed by atoms with Gasteiger partial charge in [-0.1, -0.05) is 32.0 Å². The van der Waals surface area contributed by atoms with Gasteiger partial charge in [-0.15, -0.1) is 0 Å². The van der Waals surface area contributed by atoms with E-state index in [1.165, 1.54) is 0 Å². The van der Waals surface area contributed by atoms with Crippen molar-refractivity contribution < 1.29 is 10.2 Å². The Balaban J connectivity index is 2.92. The molecule has 1 aromatic carbocycles. The van der Waals surface area contributed by atoms with Crippen molar-refractivity contribution in [2.45, 2.75) is 26.9 Å². The van der Waals surface area contributed by atoms with E-state index >= 15 is 0 Å². The van der Waals surface area contributed by atoms with Crippen molar-refractivity contribution in [1.82, 2.24) is 0 Å². The fourth-order valence-corrected chi connectivity index (χ4v) is 1.47. The van der Waals surface area contributed by atoms with Crippen molar-refractivity contribution in [3.8, 4) is 5.75 Å². The van der Waals surface area contributed by atoms with E-state index in [0.717, 1.165) is 11.1 Å². The molecule has 1 unspecified atom stereocenters. The van der Waals surface area contributed by atoms with Gasteiger partial charge >= 0.3 is 0 Å². The molecule has 0 amide bonds. The Morgan fingerprint density at radius 3 is 2.40 bits per heavy atom. The zero-order chi connectivity index (χ0) is 11.4. The highest BCUT2D eigenvalue weighted by molar-refractivity contribution is 5.59. The lowest BCUT2D eigenvalue weighted by Crippen LogP contribution is -2.15. The first-order valence-electron chi connectivity index (χ1n) is 5.16. The minimum absolute atomic E-state index is 0.187. The summed E-state index contributed by atoms with van der Waals surface area (Å²) in [5, 5.41) is 19.4. The summed E-state index contributed by atoms with van der Waals surface area (Å²) < 4.78 is 0. The van der Waals surface area contributed by atoms with E-state index in [0.29, 0.717) is 0 Å². The van der Waals surface area contributed by atoms with Gasteiger partial charge in [0.25, 0.3) is 0 Å². The monoisotopic (exact) mass is 206 g/mol. The van der Waals surface area contributed by atoms with Gasteiger partial charge in [-0.05, 0) is 30.6 Å². The lowest BCUT2D eigenvalue weighted by molar-refractivity contribution is 0.161. The second-order valence-corrected chi connectivity index (χ2v) is 4.14. The van der Waals surface area contributed by atoms with Crippen LogP contribution in [0.1, 0.15) is 26.3 Å². The molecule has 0 aliphatic rings. The van der Waals surface area contributed by atoms with Gasteiger partial charge < -0.3 is 10.2 Å². The lowest BCUT2D eigenvalue weighted by Gasteiger charge is -2.15. The van der Waals surface area contributed by atoms with Gasteiger partial charge in [0.1, 0.15) is 5.75 Å². The van der Waals surface area contributed by atoms with Crippen LogP contribution in [0.15, 0.2) is 29.8 Å². The summed E-state index contributed by atoms with van der Waals surface area (Å²) in [4.78, 5) is 0. The molecule has 2 nitrogen and oxygen atoms in total. The number of hydrogen-bond donors (Lipinski definition) is 2. The molecule has 0 aliphatic carbocycles. The topological polar surface area (TPSA) is 40.5 Å². The summed E-state index contributed by atoms with van der Waals surface area (Å²) in [7, 11) is 0. The largest absolute Gasteiger partial charge is 0.507 e. The number of aromatic hydroxyl groups is 1. The van der Waals surface area contributed by atoms with E-state index in [4.69, 9.17) is 0 Å². The highest BCUT2D eigenvalue weighted by Gasteiger charge is 2.11. The number of aliphatic hydroxyl groups excluding tert-OH is 1. The molecule has 2 heteroatoms. The van der Waals surface area contributed by atoms with Crippen LogP contribution in [-0.2, 0) is 0 Å². The first-order valence-corrected chi connectivity index (χ1v) is 5.16. The normalized spacial score (nSPS) is 14.3. The lowest BCUT2D eigenvalue weighted by atomic mass is 9.98. The van der Waals surface area contributed by atoms with Crippen LogP contribution in [0.25, 0.3) is 6.08 Å². The maximum atomic E-state index is 9.80. The fourth-order valence-electron chi connectivity index (χ4n) is 1.47. The predicted molar refractivity (Wildman–Crippen MR) is 62.6 cm³/mol. The Morgan fingerprint density at radius 2 is 1.87 bits per heavy atom. The molecule has 0 spiro atoms. The van der Waals surface area contributed by atoms with Crippen molar-refractivity contribution in [1.29, 1.82) is 0 Å². The molecule has 0 saturated heterocycles. The van der Waals surface area contributed by atoms with Crippen LogP contribution in [0.4, 0.5) is 0 Å². The van der Waals surface area contributed by atoms with Crippen LogP contribution in [-0.4, -0.2) is 16.3 Å². The van der Waals surface area contributed by atoms with E-state index in [2.05, 4.69) is 0 Å². The number of benzene rings is 1. The third-order valence-corrected chi connectivity index (χ3v) is 2.42. The Morgan fingerprint density at radius 1 is 1.27 bits per heavy atom. The Labute approximate surface area is 90.9 Å². The quantitative estimate of drug-likeness (QED) is 0.798. The molecule has 82 valence electrons. The fraction of sp³-hybridized carbons (Fsp3) is 0.385. The number of aliphatic hydroxyl groups is 1. The zero-order valence-corrected chi connectivity index (χ0v) is 9.44. The first kappa shape index (κ1) is 11.8. The molecule has 0 aliphatic heterocycles. The minimum Gasteiger partial charge on any atom is -0.507 e. The zero-order valence-electron chi connectivity index (χ0n) is 9.44. The summed E-state index contributed by atoms with van der Waals surface area (Å²) in [5.41, 5.74) is 1.61. The highest BCUT2D eigenvalue weighted by atomic mass is 16.3. The molecule has 0 fully saturated rings. The molecular formula is C13H18O2. The summed E-state index contributed by atoms with van der Waals surface area (Å²) in [5.74, 6) is 0.430. The highest BCUT2D eigenvalue weighted by Crippen LogP contribution is 2.21. The van der Waals surface area contributed by atoms with Gasteiger partial charge in [0.05, 0.1) is 6.10 Å². The van der Waals surface area contributed by atoms with Gasteiger partial charge in [-0.25, -0.2) is 0 Å². The Kier molecular flexibility index (Phi) is 3.92. The molecule has 1 atom stereocenters. The molecule has 0 radical (unpaired) electrons. The summed E-state index contributed by atoms with van der Waals surface area (Å²) >= 11 is 0. The number of para-hydroxylation sites is 1. The number of rotatable bonds is 3. The van der Waals surface area contributed by atoms with Gasteiger partial charge in [-0.2, -0.15) is 0 Å². The van der Waals surface area contributed by atoms with Gasteiger partial charge in [0, 0.05) is 5.56 Å². The molecule has 0 bridgehead atoms. The third kappa shape index (κ3) is 3.10. The van der Waals surface area contributed by atoms with Crippen molar-refractivity contribution in [2.24, 2.45) is 5.92 Å². The van der Waals surface area contributed by atoms with Crippen LogP contribution in [0.2, 0.25) is 0 Å². The molecule has 1 rings (SSSR count). The third-order valence-electron chi connectivity index (χ3n) is 2.42. The smallest absolute Gasteiger partial charge is 0.122 e. The SMILES string of the molecule is C/C(=C\c1ccccc1O)C(O)C(C)C. The summed E-state index contributed by atoms with van der Waals surface area (Å²) in [6, 6.07) is 7.11. The average Bonchev–Trinajstić information content (AvgIpc) is 2.20. The standard InChI is InChI=1S/C13H18O2/c1-9(2)13(15)10(3)8-11-6-4-5-7-12(11)14/h4-9,13-15H,1-3H3/b10-8+. The minimum atomic E-state index is -0.454. The second kappa shape index (κ2) is 4.99.